The van der Waals surface area contributed by atoms with E-state index >= 15 is 0 Å². The van der Waals surface area contributed by atoms with Gasteiger partial charge in [-0.3, -0.25) is 4.79 Å². The number of rotatable bonds is 6. The first-order valence-corrected chi connectivity index (χ1v) is 10.3. The lowest BCUT2D eigenvalue weighted by Crippen LogP contribution is -2.17. The Morgan fingerprint density at radius 1 is 0.967 bits per heavy atom. The maximum atomic E-state index is 12.2. The van der Waals surface area contributed by atoms with Crippen LogP contribution in [0.2, 0.25) is 20.1 Å². The summed E-state index contributed by atoms with van der Waals surface area (Å²) in [4.78, 5) is 12.2. The molecule has 0 saturated heterocycles. The van der Waals surface area contributed by atoms with Crippen LogP contribution in [0.5, 0.6) is 5.75 Å². The minimum Gasteiger partial charge on any atom is -0.486 e. The van der Waals surface area contributed by atoms with Gasteiger partial charge in [0.2, 0.25) is 0 Å². The minimum absolute atomic E-state index is 0.291. The van der Waals surface area contributed by atoms with Crippen molar-refractivity contribution in [1.29, 1.82) is 0 Å². The molecule has 3 aromatic carbocycles. The number of hydrazone groups is 1. The topological polar surface area (TPSA) is 50.7 Å². The molecule has 1 N–H and O–H groups in total. The molecule has 0 aliphatic carbocycles. The molecule has 0 atom stereocenters. The van der Waals surface area contributed by atoms with Crippen LogP contribution >= 0.6 is 46.4 Å². The fourth-order valence-corrected chi connectivity index (χ4v) is 3.41. The lowest BCUT2D eigenvalue weighted by molar-refractivity contribution is 0.0955. The molecule has 0 radical (unpaired) electrons. The summed E-state index contributed by atoms with van der Waals surface area (Å²) >= 11 is 24.5. The van der Waals surface area contributed by atoms with Crippen LogP contribution in [0.4, 0.5) is 0 Å². The summed E-state index contributed by atoms with van der Waals surface area (Å²) in [5.74, 6) is -0.0166. The van der Waals surface area contributed by atoms with E-state index in [1.807, 2.05) is 19.1 Å². The zero-order valence-electron chi connectivity index (χ0n) is 15.8. The second-order valence-electron chi connectivity index (χ2n) is 6.39. The summed E-state index contributed by atoms with van der Waals surface area (Å²) < 4.78 is 5.74. The molecule has 1 amide bonds. The molecular formula is C22H16Cl4N2O2. The summed E-state index contributed by atoms with van der Waals surface area (Å²) in [7, 11) is 0. The van der Waals surface area contributed by atoms with Gasteiger partial charge in [-0.2, -0.15) is 5.10 Å². The second-order valence-corrected chi connectivity index (χ2v) is 8.05. The van der Waals surface area contributed by atoms with E-state index in [9.17, 15) is 4.79 Å². The molecule has 4 nitrogen and oxygen atoms in total. The molecule has 8 heteroatoms. The van der Waals surface area contributed by atoms with E-state index in [2.05, 4.69) is 10.5 Å². The monoisotopic (exact) mass is 480 g/mol. The SMILES string of the molecule is Cc1ccc(C(=O)N/N=C\c2cc(Cl)c(OCc3ccc(Cl)cc3)c(Cl)c2)cc1Cl. The molecule has 0 fully saturated rings. The van der Waals surface area contributed by atoms with Crippen LogP contribution in [0, 0.1) is 6.92 Å². The predicted octanol–water partition coefficient (Wildman–Crippen LogP) is 6.95. The van der Waals surface area contributed by atoms with Crippen LogP contribution in [0.1, 0.15) is 27.0 Å². The smallest absolute Gasteiger partial charge is 0.271 e. The molecule has 0 aromatic heterocycles. The summed E-state index contributed by atoms with van der Waals surface area (Å²) in [5.41, 5.74) is 5.27. The zero-order chi connectivity index (χ0) is 21.7. The lowest BCUT2D eigenvalue weighted by atomic mass is 10.1. The molecule has 154 valence electrons. The molecule has 3 aromatic rings. The summed E-state index contributed by atoms with van der Waals surface area (Å²) in [6.07, 6.45) is 1.44. The van der Waals surface area contributed by atoms with Crippen molar-refractivity contribution in [2.45, 2.75) is 13.5 Å². The van der Waals surface area contributed by atoms with Crippen LogP contribution in [0.15, 0.2) is 59.7 Å². The predicted molar refractivity (Wildman–Crippen MR) is 123 cm³/mol. The third-order valence-corrected chi connectivity index (χ3v) is 5.35. The van der Waals surface area contributed by atoms with Crippen molar-refractivity contribution < 1.29 is 9.53 Å². The van der Waals surface area contributed by atoms with Gasteiger partial charge in [-0.15, -0.1) is 0 Å². The minimum atomic E-state index is -0.381. The van der Waals surface area contributed by atoms with Crippen LogP contribution in [-0.2, 0) is 6.61 Å². The molecule has 0 heterocycles. The molecule has 0 saturated carbocycles. The van der Waals surface area contributed by atoms with Gasteiger partial charge in [0.15, 0.2) is 5.75 Å². The van der Waals surface area contributed by atoms with Gasteiger partial charge < -0.3 is 4.74 Å². The fourth-order valence-electron chi connectivity index (χ4n) is 2.49. The zero-order valence-corrected chi connectivity index (χ0v) is 18.8. The lowest BCUT2D eigenvalue weighted by Gasteiger charge is -2.11. The number of aryl methyl sites for hydroxylation is 1. The summed E-state index contributed by atoms with van der Waals surface area (Å²) in [5, 5.41) is 5.76. The fraction of sp³-hybridized carbons (Fsp3) is 0.0909. The highest BCUT2D eigenvalue weighted by Gasteiger charge is 2.10. The van der Waals surface area contributed by atoms with E-state index in [1.54, 1.807) is 42.5 Å². The van der Waals surface area contributed by atoms with Crippen LogP contribution in [0.3, 0.4) is 0 Å². The first-order chi connectivity index (χ1) is 14.3. The van der Waals surface area contributed by atoms with Crippen LogP contribution in [0.25, 0.3) is 0 Å². The molecule has 0 spiro atoms. The number of halogens is 4. The highest BCUT2D eigenvalue weighted by Crippen LogP contribution is 2.34. The van der Waals surface area contributed by atoms with Crippen LogP contribution < -0.4 is 10.2 Å². The van der Waals surface area contributed by atoms with E-state index in [-0.39, 0.29) is 5.91 Å². The van der Waals surface area contributed by atoms with Gasteiger partial charge in [-0.25, -0.2) is 5.43 Å². The second kappa shape index (κ2) is 10.2. The Hall–Kier alpha value is -2.24. The number of carbonyl (C=O) groups excluding carboxylic acids is 1. The number of carbonyl (C=O) groups is 1. The third kappa shape index (κ3) is 5.89. The first kappa shape index (κ1) is 22.4. The molecule has 0 bridgehead atoms. The van der Waals surface area contributed by atoms with Gasteiger partial charge in [0.25, 0.3) is 5.91 Å². The number of nitrogens with zero attached hydrogens (tertiary/aromatic N) is 1. The average Bonchev–Trinajstić information content (AvgIpc) is 2.70. The Labute approximate surface area is 194 Å². The van der Waals surface area contributed by atoms with E-state index < -0.39 is 0 Å². The number of benzene rings is 3. The van der Waals surface area contributed by atoms with Crippen molar-refractivity contribution in [2.24, 2.45) is 5.10 Å². The molecule has 3 rings (SSSR count). The van der Waals surface area contributed by atoms with Gasteiger partial charge in [0.05, 0.1) is 16.3 Å². The number of nitrogens with one attached hydrogen (secondary N) is 1. The van der Waals surface area contributed by atoms with Crippen molar-refractivity contribution >= 4 is 58.5 Å². The van der Waals surface area contributed by atoms with Crippen molar-refractivity contribution in [2.75, 3.05) is 0 Å². The van der Waals surface area contributed by atoms with E-state index in [1.165, 1.54) is 6.21 Å². The van der Waals surface area contributed by atoms with Crippen molar-refractivity contribution in [3.8, 4) is 5.75 Å². The third-order valence-electron chi connectivity index (χ3n) is 4.13. The molecule has 0 aliphatic heterocycles. The molecule has 0 aliphatic rings. The van der Waals surface area contributed by atoms with Gasteiger partial charge in [-0.1, -0.05) is 64.6 Å². The van der Waals surface area contributed by atoms with E-state index in [0.29, 0.717) is 43.6 Å². The largest absolute Gasteiger partial charge is 0.486 e. The van der Waals surface area contributed by atoms with Crippen molar-refractivity contribution in [1.82, 2.24) is 5.43 Å². The Kier molecular flexibility index (Phi) is 7.62. The van der Waals surface area contributed by atoms with E-state index in [0.717, 1.165) is 11.1 Å². The number of hydrogen-bond acceptors (Lipinski definition) is 3. The quantitative estimate of drug-likeness (QED) is 0.305. The standard InChI is InChI=1S/C22H16Cl4N2O2/c1-13-2-5-16(10-18(13)24)22(29)28-27-11-15-8-19(25)21(20(26)9-15)30-12-14-3-6-17(23)7-4-14/h2-11H,12H2,1H3,(H,28,29)/b27-11-. The first-order valence-electron chi connectivity index (χ1n) is 8.79. The van der Waals surface area contributed by atoms with Gasteiger partial charge >= 0.3 is 0 Å². The Bertz CT molecular complexity index is 1080. The van der Waals surface area contributed by atoms with E-state index in [4.69, 9.17) is 51.1 Å². The number of hydrogen-bond donors (Lipinski definition) is 1. The summed E-state index contributed by atoms with van der Waals surface area (Å²) in [6, 6.07) is 15.6. The Balaban J connectivity index is 1.64. The molecular weight excluding hydrogens is 466 g/mol. The number of ether oxygens (including phenoxy) is 1. The molecule has 0 unspecified atom stereocenters. The van der Waals surface area contributed by atoms with Gasteiger partial charge in [0.1, 0.15) is 6.61 Å². The normalized spacial score (nSPS) is 11.0. The van der Waals surface area contributed by atoms with Gasteiger partial charge in [0, 0.05) is 15.6 Å². The van der Waals surface area contributed by atoms with Crippen LogP contribution in [-0.4, -0.2) is 12.1 Å². The number of amides is 1. The maximum Gasteiger partial charge on any atom is 0.271 e. The van der Waals surface area contributed by atoms with Gasteiger partial charge in [-0.05, 0) is 60.0 Å². The highest BCUT2D eigenvalue weighted by molar-refractivity contribution is 6.37. The van der Waals surface area contributed by atoms with Crippen molar-refractivity contribution in [3.63, 3.8) is 0 Å². The van der Waals surface area contributed by atoms with Crippen molar-refractivity contribution in [3.05, 3.63) is 96.9 Å². The maximum absolute atomic E-state index is 12.2. The highest BCUT2D eigenvalue weighted by atomic mass is 35.5. The summed E-state index contributed by atoms with van der Waals surface area (Å²) in [6.45, 7) is 2.15. The Morgan fingerprint density at radius 3 is 2.27 bits per heavy atom. The average molecular weight is 482 g/mol. The Morgan fingerprint density at radius 2 is 1.63 bits per heavy atom. The molecule has 30 heavy (non-hydrogen) atoms.